The molecule has 3 aliphatic rings. The molecule has 1 aromatic rings. The predicted molar refractivity (Wildman–Crippen MR) is 46.7 cm³/mol. The van der Waals surface area contributed by atoms with E-state index in [0.29, 0.717) is 5.75 Å². The first-order valence-electron chi connectivity index (χ1n) is 4.24. The number of hydrogen-bond acceptors (Lipinski definition) is 6. The summed E-state index contributed by atoms with van der Waals surface area (Å²) in [7, 11) is -3.53. The van der Waals surface area contributed by atoms with Crippen LogP contribution in [0.4, 0.5) is 0 Å². The molecule has 0 amide bonds. The Hall–Kier alpha value is -0.910. The molecule has 3 saturated heterocycles. The van der Waals surface area contributed by atoms with Crippen molar-refractivity contribution in [3.05, 3.63) is 30.3 Å². The van der Waals surface area contributed by atoms with E-state index in [9.17, 15) is 9.67 Å². The highest BCUT2D eigenvalue weighted by atomic mass is 31.2. The molecule has 1 atom stereocenters. The maximum Gasteiger partial charge on any atom is 0.487 e. The number of phosphoric acid groups is 1. The van der Waals surface area contributed by atoms with Gasteiger partial charge in [0.25, 0.3) is 6.29 Å². The zero-order valence-corrected chi connectivity index (χ0v) is 8.29. The normalized spacial score (nSPS) is 42.3. The molecular weight excluding hydrogens is 223 g/mol. The standard InChI is InChI=1S/C8H7O6P/c9-8-7(12-15(10,13-8)14-8)11-6-4-2-1-3-5-6/h1-5,7,9H. The van der Waals surface area contributed by atoms with Crippen LogP contribution in [0.15, 0.2) is 30.3 Å². The molecule has 3 fully saturated rings. The third kappa shape index (κ3) is 1.39. The number of benzene rings is 1. The van der Waals surface area contributed by atoms with Gasteiger partial charge in [-0.3, -0.25) is 0 Å². The lowest BCUT2D eigenvalue weighted by Crippen LogP contribution is -2.46. The highest BCUT2D eigenvalue weighted by Crippen LogP contribution is 2.73. The fourth-order valence-electron chi connectivity index (χ4n) is 1.36. The molecule has 1 unspecified atom stereocenters. The maximum atomic E-state index is 11.2. The van der Waals surface area contributed by atoms with Crippen molar-refractivity contribution in [2.45, 2.75) is 12.3 Å². The summed E-state index contributed by atoms with van der Waals surface area (Å²) in [6.45, 7) is 0. The molecule has 0 radical (unpaired) electrons. The Morgan fingerprint density at radius 1 is 1.33 bits per heavy atom. The van der Waals surface area contributed by atoms with Gasteiger partial charge in [0, 0.05) is 0 Å². The number of aliphatic hydroxyl groups is 1. The summed E-state index contributed by atoms with van der Waals surface area (Å²) in [5, 5.41) is 9.48. The van der Waals surface area contributed by atoms with Crippen LogP contribution in [-0.2, 0) is 18.1 Å². The van der Waals surface area contributed by atoms with Crippen molar-refractivity contribution in [1.29, 1.82) is 0 Å². The average molecular weight is 230 g/mol. The minimum absolute atomic E-state index is 0.462. The van der Waals surface area contributed by atoms with Crippen molar-refractivity contribution < 1.29 is 28.0 Å². The molecule has 0 aliphatic carbocycles. The van der Waals surface area contributed by atoms with Gasteiger partial charge in [-0.25, -0.2) is 18.1 Å². The van der Waals surface area contributed by atoms with Gasteiger partial charge in [0.05, 0.1) is 0 Å². The van der Waals surface area contributed by atoms with Gasteiger partial charge in [-0.1, -0.05) is 18.2 Å². The van der Waals surface area contributed by atoms with E-state index in [1.807, 2.05) is 6.07 Å². The topological polar surface area (TPSA) is 74.2 Å². The van der Waals surface area contributed by atoms with Crippen LogP contribution in [0.2, 0.25) is 0 Å². The molecular formula is C8H7O6P. The maximum absolute atomic E-state index is 11.2. The van der Waals surface area contributed by atoms with Crippen molar-refractivity contribution in [3.63, 3.8) is 0 Å². The van der Waals surface area contributed by atoms with E-state index < -0.39 is 20.1 Å². The van der Waals surface area contributed by atoms with Gasteiger partial charge in [-0.15, -0.1) is 0 Å². The fraction of sp³-hybridized carbons (Fsp3) is 0.250. The first-order chi connectivity index (χ1) is 7.10. The van der Waals surface area contributed by atoms with Crippen molar-refractivity contribution in [1.82, 2.24) is 0 Å². The minimum Gasteiger partial charge on any atom is -0.456 e. The van der Waals surface area contributed by atoms with E-state index in [-0.39, 0.29) is 0 Å². The van der Waals surface area contributed by atoms with Crippen LogP contribution in [0.5, 0.6) is 5.75 Å². The molecule has 4 rings (SSSR count). The summed E-state index contributed by atoms with van der Waals surface area (Å²) in [4.78, 5) is 0. The van der Waals surface area contributed by atoms with Gasteiger partial charge in [0.15, 0.2) is 0 Å². The van der Waals surface area contributed by atoms with Gasteiger partial charge in [-0.05, 0) is 12.1 Å². The molecule has 6 nitrogen and oxygen atoms in total. The lowest BCUT2D eigenvalue weighted by Gasteiger charge is -2.28. The van der Waals surface area contributed by atoms with Crippen molar-refractivity contribution in [2.75, 3.05) is 0 Å². The highest BCUT2D eigenvalue weighted by molar-refractivity contribution is 7.50. The number of para-hydroxylation sites is 1. The molecule has 3 heterocycles. The van der Waals surface area contributed by atoms with Crippen LogP contribution in [0, 0.1) is 0 Å². The average Bonchev–Trinajstić information content (AvgIpc) is 2.52. The number of fused-ring (bicyclic) bond motifs is 1. The van der Waals surface area contributed by atoms with Gasteiger partial charge < -0.3 is 9.84 Å². The van der Waals surface area contributed by atoms with Crippen molar-refractivity contribution >= 4 is 7.82 Å². The number of ether oxygens (including phenoxy) is 1. The molecule has 0 spiro atoms. The quantitative estimate of drug-likeness (QED) is 0.770. The Bertz CT molecular complexity index is 422. The molecule has 80 valence electrons. The summed E-state index contributed by atoms with van der Waals surface area (Å²) in [5.74, 6) is -1.57. The first kappa shape index (κ1) is 9.33. The zero-order chi connectivity index (χ0) is 10.5. The molecule has 2 bridgehead atoms. The van der Waals surface area contributed by atoms with Gasteiger partial charge in [0.2, 0.25) is 0 Å². The molecule has 3 aliphatic heterocycles. The van der Waals surface area contributed by atoms with Crippen LogP contribution in [0.3, 0.4) is 0 Å². The first-order valence-corrected chi connectivity index (χ1v) is 5.70. The van der Waals surface area contributed by atoms with Gasteiger partial charge in [-0.2, -0.15) is 0 Å². The number of rotatable bonds is 2. The van der Waals surface area contributed by atoms with Crippen LogP contribution in [0.1, 0.15) is 0 Å². The Balaban J connectivity index is 1.79. The Morgan fingerprint density at radius 2 is 2.00 bits per heavy atom. The second-order valence-corrected chi connectivity index (χ2v) is 4.60. The van der Waals surface area contributed by atoms with Crippen LogP contribution < -0.4 is 4.74 Å². The lowest BCUT2D eigenvalue weighted by molar-refractivity contribution is -0.348. The van der Waals surface area contributed by atoms with E-state index in [1.165, 1.54) is 0 Å². The fourth-order valence-corrected chi connectivity index (χ4v) is 2.68. The summed E-state index contributed by atoms with van der Waals surface area (Å²) in [6, 6.07) is 8.65. The van der Waals surface area contributed by atoms with Crippen LogP contribution >= 0.6 is 7.82 Å². The molecule has 15 heavy (non-hydrogen) atoms. The monoisotopic (exact) mass is 230 g/mol. The molecule has 1 N–H and O–H groups in total. The summed E-state index contributed by atoms with van der Waals surface area (Å²) < 4.78 is 30.3. The Kier molecular flexibility index (Phi) is 1.75. The SMILES string of the molecule is O=P12OC(Oc3ccccc3)C(O)(O1)O2. The lowest BCUT2D eigenvalue weighted by atomic mass is 10.3. The molecule has 0 saturated carbocycles. The van der Waals surface area contributed by atoms with Crippen molar-refractivity contribution in [2.24, 2.45) is 0 Å². The van der Waals surface area contributed by atoms with E-state index >= 15 is 0 Å². The van der Waals surface area contributed by atoms with E-state index in [2.05, 4.69) is 9.05 Å². The molecule has 0 aromatic heterocycles. The highest BCUT2D eigenvalue weighted by Gasteiger charge is 2.73. The van der Waals surface area contributed by atoms with Gasteiger partial charge >= 0.3 is 13.8 Å². The summed E-state index contributed by atoms with van der Waals surface area (Å²) in [6.07, 6.45) is -1.22. The largest absolute Gasteiger partial charge is 0.487 e. The summed E-state index contributed by atoms with van der Waals surface area (Å²) >= 11 is 0. The second-order valence-electron chi connectivity index (χ2n) is 3.13. The Morgan fingerprint density at radius 3 is 2.53 bits per heavy atom. The van der Waals surface area contributed by atoms with Crippen LogP contribution in [-0.4, -0.2) is 17.4 Å². The van der Waals surface area contributed by atoms with E-state index in [1.54, 1.807) is 24.3 Å². The Labute approximate surface area is 84.9 Å². The van der Waals surface area contributed by atoms with E-state index in [4.69, 9.17) is 9.26 Å². The second kappa shape index (κ2) is 2.81. The summed E-state index contributed by atoms with van der Waals surface area (Å²) in [5.41, 5.74) is 0. The number of hydrogen-bond donors (Lipinski definition) is 1. The van der Waals surface area contributed by atoms with Crippen LogP contribution in [0.25, 0.3) is 0 Å². The van der Waals surface area contributed by atoms with E-state index in [0.717, 1.165) is 0 Å². The molecule has 1 aromatic carbocycles. The minimum atomic E-state index is -3.53. The third-order valence-corrected chi connectivity index (χ3v) is 3.41. The smallest absolute Gasteiger partial charge is 0.456 e. The predicted octanol–water partition coefficient (Wildman–Crippen LogP) is 1.22. The third-order valence-electron chi connectivity index (χ3n) is 1.99. The van der Waals surface area contributed by atoms with Gasteiger partial charge in [0.1, 0.15) is 5.75 Å². The molecule has 7 heteroatoms. The zero-order valence-electron chi connectivity index (χ0n) is 7.40. The number of phosphoric ester groups is 1. The van der Waals surface area contributed by atoms with Crippen molar-refractivity contribution in [3.8, 4) is 5.75 Å².